The quantitative estimate of drug-likeness (QED) is 0.438. The molecule has 0 aliphatic heterocycles. The van der Waals surface area contributed by atoms with E-state index in [0.717, 1.165) is 28.8 Å². The lowest BCUT2D eigenvalue weighted by molar-refractivity contribution is 0.321. The summed E-state index contributed by atoms with van der Waals surface area (Å²) in [4.78, 5) is 4.20. The molecule has 0 heterocycles. The number of nitrogens with one attached hydrogen (secondary N) is 2. The van der Waals surface area contributed by atoms with E-state index >= 15 is 0 Å². The highest BCUT2D eigenvalue weighted by Crippen LogP contribution is 2.16. The summed E-state index contributed by atoms with van der Waals surface area (Å²) in [6, 6.07) is 15.4. The van der Waals surface area contributed by atoms with Crippen LogP contribution < -0.4 is 24.8 Å². The van der Waals surface area contributed by atoms with Gasteiger partial charge in [-0.15, -0.1) is 0 Å². The first kappa shape index (κ1) is 18.4. The van der Waals surface area contributed by atoms with E-state index in [2.05, 4.69) is 15.6 Å². The van der Waals surface area contributed by atoms with Crippen molar-refractivity contribution in [1.82, 2.24) is 10.6 Å². The van der Waals surface area contributed by atoms with E-state index in [1.165, 1.54) is 0 Å². The van der Waals surface area contributed by atoms with Gasteiger partial charge >= 0.3 is 0 Å². The lowest BCUT2D eigenvalue weighted by Gasteiger charge is -2.13. The lowest BCUT2D eigenvalue weighted by atomic mass is 10.2. The zero-order valence-electron chi connectivity index (χ0n) is 14.9. The van der Waals surface area contributed by atoms with Gasteiger partial charge in [-0.25, -0.2) is 0 Å². The van der Waals surface area contributed by atoms with E-state index in [0.29, 0.717) is 19.7 Å². The number of hydrogen-bond acceptors (Lipinski definition) is 4. The summed E-state index contributed by atoms with van der Waals surface area (Å²) in [5.41, 5.74) is 1.12. The molecule has 2 aromatic rings. The minimum absolute atomic E-state index is 0.534. The third kappa shape index (κ3) is 6.25. The molecule has 0 radical (unpaired) electrons. The fraction of sp³-hybridized carbons (Fsp3) is 0.316. The number of benzene rings is 2. The van der Waals surface area contributed by atoms with Gasteiger partial charge in [0.1, 0.15) is 23.9 Å². The molecule has 134 valence electrons. The van der Waals surface area contributed by atoms with Crippen LogP contribution in [0.5, 0.6) is 17.2 Å². The Morgan fingerprint density at radius 3 is 2.32 bits per heavy atom. The van der Waals surface area contributed by atoms with Crippen LogP contribution >= 0.6 is 0 Å². The van der Waals surface area contributed by atoms with Crippen LogP contribution in [0.2, 0.25) is 0 Å². The number of guanidine groups is 1. The molecule has 6 heteroatoms. The lowest BCUT2D eigenvalue weighted by Crippen LogP contribution is -2.38. The topological polar surface area (TPSA) is 64.1 Å². The maximum absolute atomic E-state index is 5.68. The van der Waals surface area contributed by atoms with Gasteiger partial charge in [-0.3, -0.25) is 4.99 Å². The molecule has 0 saturated heterocycles. The summed E-state index contributed by atoms with van der Waals surface area (Å²) < 4.78 is 16.0. The molecule has 0 saturated carbocycles. The van der Waals surface area contributed by atoms with E-state index in [1.807, 2.05) is 48.5 Å². The molecule has 0 bridgehead atoms. The van der Waals surface area contributed by atoms with Gasteiger partial charge in [0, 0.05) is 13.6 Å². The van der Waals surface area contributed by atoms with Crippen molar-refractivity contribution < 1.29 is 14.2 Å². The average Bonchev–Trinajstić information content (AvgIpc) is 2.68. The number of hydrogen-bond donors (Lipinski definition) is 2. The third-order valence-electron chi connectivity index (χ3n) is 3.54. The van der Waals surface area contributed by atoms with Gasteiger partial charge in [-0.2, -0.15) is 0 Å². The van der Waals surface area contributed by atoms with Gasteiger partial charge in [0.15, 0.2) is 5.96 Å². The smallest absolute Gasteiger partial charge is 0.191 e. The fourth-order valence-electron chi connectivity index (χ4n) is 2.20. The number of ether oxygens (including phenoxy) is 3. The van der Waals surface area contributed by atoms with E-state index in [4.69, 9.17) is 14.2 Å². The van der Waals surface area contributed by atoms with Crippen molar-refractivity contribution in [2.75, 3.05) is 34.4 Å². The Morgan fingerprint density at radius 1 is 0.920 bits per heavy atom. The minimum Gasteiger partial charge on any atom is -0.497 e. The van der Waals surface area contributed by atoms with Crippen molar-refractivity contribution >= 4 is 5.96 Å². The van der Waals surface area contributed by atoms with Crippen molar-refractivity contribution in [3.8, 4) is 17.2 Å². The summed E-state index contributed by atoms with van der Waals surface area (Å²) >= 11 is 0. The van der Waals surface area contributed by atoms with Gasteiger partial charge < -0.3 is 24.8 Å². The number of rotatable bonds is 8. The molecule has 0 aliphatic rings. The van der Waals surface area contributed by atoms with Gasteiger partial charge in [0.25, 0.3) is 0 Å². The molecule has 2 rings (SSSR count). The Morgan fingerprint density at radius 2 is 1.64 bits per heavy atom. The Balaban J connectivity index is 1.70. The molecule has 25 heavy (non-hydrogen) atoms. The Kier molecular flexibility index (Phi) is 7.43. The second-order valence-corrected chi connectivity index (χ2v) is 5.23. The fourth-order valence-corrected chi connectivity index (χ4v) is 2.20. The molecule has 0 fully saturated rings. The van der Waals surface area contributed by atoms with Crippen molar-refractivity contribution in [2.45, 2.75) is 6.54 Å². The van der Waals surface area contributed by atoms with Crippen molar-refractivity contribution in [1.29, 1.82) is 0 Å². The van der Waals surface area contributed by atoms with Crippen LogP contribution in [0.25, 0.3) is 0 Å². The highest BCUT2D eigenvalue weighted by molar-refractivity contribution is 5.79. The first-order chi connectivity index (χ1) is 12.2. The SMILES string of the molecule is CN=C(NCCOc1ccc(OC)cc1)NCc1cccc(OC)c1. The number of methoxy groups -OCH3 is 2. The van der Waals surface area contributed by atoms with Gasteiger partial charge in [-0.1, -0.05) is 12.1 Å². The maximum Gasteiger partial charge on any atom is 0.191 e. The third-order valence-corrected chi connectivity index (χ3v) is 3.54. The normalized spacial score (nSPS) is 10.9. The largest absolute Gasteiger partial charge is 0.497 e. The van der Waals surface area contributed by atoms with Crippen molar-refractivity contribution in [3.05, 3.63) is 54.1 Å². The summed E-state index contributed by atoms with van der Waals surface area (Å²) in [5, 5.41) is 6.48. The Labute approximate surface area is 148 Å². The molecular weight excluding hydrogens is 318 g/mol. The zero-order valence-corrected chi connectivity index (χ0v) is 14.9. The first-order valence-electron chi connectivity index (χ1n) is 8.09. The summed E-state index contributed by atoms with van der Waals surface area (Å²) in [6.07, 6.45) is 0. The standard InChI is InChI=1S/C19H25N3O3/c1-20-19(22-14-15-5-4-6-18(13-15)24-3)21-11-12-25-17-9-7-16(23-2)8-10-17/h4-10,13H,11-12,14H2,1-3H3,(H2,20,21,22). The van der Waals surface area contributed by atoms with Gasteiger partial charge in [-0.05, 0) is 42.0 Å². The van der Waals surface area contributed by atoms with E-state index < -0.39 is 0 Å². The van der Waals surface area contributed by atoms with Crippen molar-refractivity contribution in [2.24, 2.45) is 4.99 Å². The highest BCUT2D eigenvalue weighted by atomic mass is 16.5. The average molecular weight is 343 g/mol. The van der Waals surface area contributed by atoms with E-state index in [1.54, 1.807) is 21.3 Å². The van der Waals surface area contributed by atoms with Crippen LogP contribution in [0, 0.1) is 0 Å². The summed E-state index contributed by atoms with van der Waals surface area (Å²) in [6.45, 7) is 1.84. The molecule has 2 N–H and O–H groups in total. The van der Waals surface area contributed by atoms with E-state index in [9.17, 15) is 0 Å². The van der Waals surface area contributed by atoms with Crippen LogP contribution in [-0.4, -0.2) is 40.4 Å². The van der Waals surface area contributed by atoms with Crippen molar-refractivity contribution in [3.63, 3.8) is 0 Å². The monoisotopic (exact) mass is 343 g/mol. The molecule has 0 spiro atoms. The predicted molar refractivity (Wildman–Crippen MR) is 99.7 cm³/mol. The molecule has 0 atom stereocenters. The summed E-state index contributed by atoms with van der Waals surface area (Å²) in [5.74, 6) is 3.19. The predicted octanol–water partition coefficient (Wildman–Crippen LogP) is 2.45. The number of aliphatic imine (C=N–C) groups is 1. The van der Waals surface area contributed by atoms with Crippen LogP contribution in [0.3, 0.4) is 0 Å². The highest BCUT2D eigenvalue weighted by Gasteiger charge is 2.00. The maximum atomic E-state index is 5.68. The van der Waals surface area contributed by atoms with Crippen LogP contribution in [-0.2, 0) is 6.54 Å². The second-order valence-electron chi connectivity index (χ2n) is 5.23. The zero-order chi connectivity index (χ0) is 17.9. The summed E-state index contributed by atoms with van der Waals surface area (Å²) in [7, 11) is 5.05. The molecule has 6 nitrogen and oxygen atoms in total. The second kappa shape index (κ2) is 10.1. The minimum atomic E-state index is 0.534. The molecule has 0 aromatic heterocycles. The van der Waals surface area contributed by atoms with Crippen LogP contribution in [0.15, 0.2) is 53.5 Å². The Hall–Kier alpha value is -2.89. The van der Waals surface area contributed by atoms with E-state index in [-0.39, 0.29) is 0 Å². The Bertz CT molecular complexity index is 672. The molecule has 0 unspecified atom stereocenters. The molecular formula is C19H25N3O3. The van der Waals surface area contributed by atoms with Gasteiger partial charge in [0.05, 0.1) is 20.8 Å². The molecule has 2 aromatic carbocycles. The molecule has 0 amide bonds. The van der Waals surface area contributed by atoms with Crippen LogP contribution in [0.4, 0.5) is 0 Å². The van der Waals surface area contributed by atoms with Crippen LogP contribution in [0.1, 0.15) is 5.56 Å². The number of nitrogens with zero attached hydrogens (tertiary/aromatic N) is 1. The first-order valence-corrected chi connectivity index (χ1v) is 8.09. The molecule has 0 aliphatic carbocycles. The van der Waals surface area contributed by atoms with Gasteiger partial charge in [0.2, 0.25) is 0 Å².